The molecule has 1 saturated heterocycles. The number of aliphatic hydroxyl groups is 1. The van der Waals surface area contributed by atoms with Crippen LogP contribution in [0.1, 0.15) is 44.6 Å². The Morgan fingerprint density at radius 1 is 1.25 bits per heavy atom. The number of amides is 1. The van der Waals surface area contributed by atoms with Crippen LogP contribution in [0.15, 0.2) is 30.3 Å². The summed E-state index contributed by atoms with van der Waals surface area (Å²) in [5.41, 5.74) is 0.271. The zero-order valence-corrected chi connectivity index (χ0v) is 15.9. The van der Waals surface area contributed by atoms with Crippen LogP contribution in [0.2, 0.25) is 0 Å². The molecule has 1 fully saturated rings. The largest absolute Gasteiger partial charge is 0.477 e. The summed E-state index contributed by atoms with van der Waals surface area (Å²) in [6.07, 6.45) is 0.151. The Balaban J connectivity index is 1.50. The average molecular weight is 405 g/mol. The summed E-state index contributed by atoms with van der Waals surface area (Å²) in [6.45, 7) is 1.21. The number of likely N-dealkylation sites (tertiary alicyclic amines) is 1. The second kappa shape index (κ2) is 7.27. The number of halogens is 1. The molecular formula is C20H20FNO5S. The van der Waals surface area contributed by atoms with E-state index in [0.29, 0.717) is 43.8 Å². The number of thiophene rings is 1. The molecule has 2 N–H and O–H groups in total. The minimum atomic E-state index is -1.54. The molecule has 6 nitrogen and oxygen atoms in total. The number of carboxylic acid groups (broad SMARTS) is 1. The van der Waals surface area contributed by atoms with Gasteiger partial charge >= 0.3 is 5.97 Å². The van der Waals surface area contributed by atoms with Gasteiger partial charge in [-0.05, 0) is 30.5 Å². The first kappa shape index (κ1) is 19.0. The number of nitrogens with zero attached hydrogens (tertiary/aromatic N) is 1. The highest BCUT2D eigenvalue weighted by Gasteiger charge is 2.44. The molecule has 8 heteroatoms. The van der Waals surface area contributed by atoms with Crippen molar-refractivity contribution in [2.24, 2.45) is 0 Å². The van der Waals surface area contributed by atoms with Crippen molar-refractivity contribution in [2.75, 3.05) is 19.7 Å². The van der Waals surface area contributed by atoms with Crippen molar-refractivity contribution in [3.8, 4) is 0 Å². The zero-order valence-electron chi connectivity index (χ0n) is 15.1. The van der Waals surface area contributed by atoms with Crippen molar-refractivity contribution in [3.63, 3.8) is 0 Å². The number of carbonyl (C=O) groups excluding carboxylic acids is 1. The van der Waals surface area contributed by atoms with Crippen molar-refractivity contribution < 1.29 is 28.9 Å². The minimum absolute atomic E-state index is 0.0343. The van der Waals surface area contributed by atoms with Gasteiger partial charge in [-0.15, -0.1) is 11.3 Å². The molecule has 0 aliphatic carbocycles. The molecule has 2 aliphatic rings. The molecule has 1 unspecified atom stereocenters. The first-order valence-electron chi connectivity index (χ1n) is 9.13. The highest BCUT2D eigenvalue weighted by atomic mass is 32.1. The van der Waals surface area contributed by atoms with Crippen molar-refractivity contribution >= 4 is 23.2 Å². The molecule has 1 atom stereocenters. The lowest BCUT2D eigenvalue weighted by Gasteiger charge is -2.44. The third-order valence-electron chi connectivity index (χ3n) is 5.53. The second-order valence-electron chi connectivity index (χ2n) is 7.09. The molecule has 0 bridgehead atoms. The molecule has 4 rings (SSSR count). The molecule has 28 heavy (non-hydrogen) atoms. The summed E-state index contributed by atoms with van der Waals surface area (Å²) in [4.78, 5) is 26.8. The lowest BCUT2D eigenvalue weighted by molar-refractivity contribution is -0.149. The van der Waals surface area contributed by atoms with Gasteiger partial charge in [0.1, 0.15) is 10.7 Å². The lowest BCUT2D eigenvalue weighted by atomic mass is 9.82. The van der Waals surface area contributed by atoms with Crippen LogP contribution in [0.5, 0.6) is 0 Å². The Kier molecular flexibility index (Phi) is 4.95. The maximum absolute atomic E-state index is 13.9. The molecule has 148 valence electrons. The molecule has 0 radical (unpaired) electrons. The van der Waals surface area contributed by atoms with Crippen LogP contribution in [-0.2, 0) is 21.6 Å². The molecule has 2 aromatic rings. The summed E-state index contributed by atoms with van der Waals surface area (Å²) in [6, 6.07) is 7.38. The van der Waals surface area contributed by atoms with Gasteiger partial charge in [0.15, 0.2) is 6.10 Å². The molecule has 1 aromatic carbocycles. The van der Waals surface area contributed by atoms with E-state index in [1.54, 1.807) is 12.1 Å². The number of benzene rings is 1. The molecule has 2 aliphatic heterocycles. The first-order valence-corrected chi connectivity index (χ1v) is 9.95. The SMILES string of the molecule is O=C(O)c1cc2c(s1)CCOC21CCN(C(=O)C(O)c2ccccc2F)CC1. The van der Waals surface area contributed by atoms with E-state index in [1.807, 2.05) is 0 Å². The number of aliphatic hydroxyl groups excluding tert-OH is 1. The Morgan fingerprint density at radius 3 is 2.64 bits per heavy atom. The molecule has 1 aromatic heterocycles. The number of carboxylic acids is 1. The summed E-state index contributed by atoms with van der Waals surface area (Å²) < 4.78 is 20.0. The number of fused-ring (bicyclic) bond motifs is 2. The summed E-state index contributed by atoms with van der Waals surface area (Å²) in [5, 5.41) is 19.6. The number of ether oxygens (including phenoxy) is 1. The number of rotatable bonds is 3. The van der Waals surface area contributed by atoms with E-state index in [4.69, 9.17) is 4.74 Å². The molecule has 1 amide bonds. The van der Waals surface area contributed by atoms with Crippen LogP contribution in [0.3, 0.4) is 0 Å². The molecular weight excluding hydrogens is 385 g/mol. The quantitative estimate of drug-likeness (QED) is 0.820. The summed E-state index contributed by atoms with van der Waals surface area (Å²) in [5.74, 6) is -2.10. The number of carbonyl (C=O) groups is 2. The fraction of sp³-hybridized carbons (Fsp3) is 0.400. The fourth-order valence-electron chi connectivity index (χ4n) is 4.03. The van der Waals surface area contributed by atoms with Gasteiger partial charge in [0.2, 0.25) is 0 Å². The molecule has 3 heterocycles. The summed E-state index contributed by atoms with van der Waals surface area (Å²) in [7, 11) is 0. The maximum atomic E-state index is 13.9. The Bertz CT molecular complexity index is 919. The van der Waals surface area contributed by atoms with Gasteiger partial charge in [0.05, 0.1) is 12.2 Å². The van der Waals surface area contributed by atoms with Crippen LogP contribution in [-0.4, -0.2) is 46.7 Å². The van der Waals surface area contributed by atoms with Crippen molar-refractivity contribution in [1.82, 2.24) is 4.90 Å². The maximum Gasteiger partial charge on any atom is 0.345 e. The highest BCUT2D eigenvalue weighted by Crippen LogP contribution is 2.44. The van der Waals surface area contributed by atoms with Gasteiger partial charge in [0.25, 0.3) is 5.91 Å². The third-order valence-corrected chi connectivity index (χ3v) is 6.72. The van der Waals surface area contributed by atoms with Gasteiger partial charge in [0, 0.05) is 30.0 Å². The lowest BCUT2D eigenvalue weighted by Crippen LogP contribution is -2.49. The minimum Gasteiger partial charge on any atom is -0.477 e. The smallest absolute Gasteiger partial charge is 0.345 e. The van der Waals surface area contributed by atoms with Crippen LogP contribution >= 0.6 is 11.3 Å². The monoisotopic (exact) mass is 405 g/mol. The van der Waals surface area contributed by atoms with Gasteiger partial charge < -0.3 is 19.8 Å². The predicted molar refractivity (Wildman–Crippen MR) is 99.8 cm³/mol. The van der Waals surface area contributed by atoms with Gasteiger partial charge in [-0.1, -0.05) is 18.2 Å². The van der Waals surface area contributed by atoms with Gasteiger partial charge in [-0.2, -0.15) is 0 Å². The summed E-state index contributed by atoms with van der Waals surface area (Å²) >= 11 is 1.28. The van der Waals surface area contributed by atoms with E-state index in [9.17, 15) is 24.2 Å². The molecule has 1 spiro atoms. The first-order chi connectivity index (χ1) is 13.4. The van der Waals surface area contributed by atoms with Crippen molar-refractivity contribution in [3.05, 3.63) is 57.0 Å². The Hall–Kier alpha value is -2.29. The van der Waals surface area contributed by atoms with E-state index >= 15 is 0 Å². The highest BCUT2D eigenvalue weighted by molar-refractivity contribution is 7.14. The van der Waals surface area contributed by atoms with E-state index in [0.717, 1.165) is 10.4 Å². The second-order valence-corrected chi connectivity index (χ2v) is 8.23. The van der Waals surface area contributed by atoms with Crippen LogP contribution in [0, 0.1) is 5.82 Å². The average Bonchev–Trinajstić information content (AvgIpc) is 3.14. The third kappa shape index (κ3) is 3.21. The van der Waals surface area contributed by atoms with Crippen molar-refractivity contribution in [1.29, 1.82) is 0 Å². The van der Waals surface area contributed by atoms with E-state index in [2.05, 4.69) is 0 Å². The van der Waals surface area contributed by atoms with Crippen LogP contribution in [0.25, 0.3) is 0 Å². The van der Waals surface area contributed by atoms with Crippen LogP contribution < -0.4 is 0 Å². The number of hydrogen-bond donors (Lipinski definition) is 2. The topological polar surface area (TPSA) is 87.1 Å². The predicted octanol–water partition coefficient (Wildman–Crippen LogP) is 2.71. The normalized spacial score (nSPS) is 19.3. The van der Waals surface area contributed by atoms with Crippen molar-refractivity contribution in [2.45, 2.75) is 31.0 Å². The van der Waals surface area contributed by atoms with E-state index in [-0.39, 0.29) is 5.56 Å². The zero-order chi connectivity index (χ0) is 19.9. The van der Waals surface area contributed by atoms with E-state index in [1.165, 1.54) is 34.4 Å². The van der Waals surface area contributed by atoms with Crippen LogP contribution in [0.4, 0.5) is 4.39 Å². The Labute approximate surface area is 165 Å². The Morgan fingerprint density at radius 2 is 1.96 bits per heavy atom. The van der Waals surface area contributed by atoms with Gasteiger partial charge in [-0.3, -0.25) is 4.79 Å². The fourth-order valence-corrected chi connectivity index (χ4v) is 5.10. The van der Waals surface area contributed by atoms with E-state index < -0.39 is 29.4 Å². The number of hydrogen-bond acceptors (Lipinski definition) is 5. The molecule has 0 saturated carbocycles. The standard InChI is InChI=1S/C20H20FNO5S/c21-14-4-2-1-3-12(14)17(23)18(24)22-8-6-20(7-9-22)13-11-16(19(25)26)28-15(13)5-10-27-20/h1-4,11,17,23H,5-10H2,(H,25,26). The van der Waals surface area contributed by atoms with Gasteiger partial charge in [-0.25, -0.2) is 9.18 Å². The number of aromatic carboxylic acids is 1. The number of piperidine rings is 1.